The molecule has 0 heterocycles. The highest BCUT2D eigenvalue weighted by molar-refractivity contribution is 7.47. The third kappa shape index (κ3) is 68.6. The molecular weight excluding hydrogens is 1230 g/mol. The minimum absolute atomic E-state index is 0.106. The van der Waals surface area contributed by atoms with Gasteiger partial charge in [0.25, 0.3) is 0 Å². The van der Waals surface area contributed by atoms with E-state index in [9.17, 15) is 43.2 Å². The normalized spacial score (nSPS) is 14.1. The van der Waals surface area contributed by atoms with Gasteiger partial charge in [-0.2, -0.15) is 0 Å². The van der Waals surface area contributed by atoms with Crippen LogP contribution in [0.4, 0.5) is 0 Å². The lowest BCUT2D eigenvalue weighted by Gasteiger charge is -2.21. The highest BCUT2D eigenvalue weighted by atomic mass is 31.2. The number of unbranched alkanes of at least 4 members (excludes halogenated alkanes) is 41. The molecule has 0 aromatic heterocycles. The number of hydrogen-bond acceptors (Lipinski definition) is 15. The summed E-state index contributed by atoms with van der Waals surface area (Å²) in [6.07, 6.45) is 51.2. The van der Waals surface area contributed by atoms with E-state index in [1.54, 1.807) is 0 Å². The Morgan fingerprint density at radius 1 is 0.287 bits per heavy atom. The molecule has 0 aromatic rings. The smallest absolute Gasteiger partial charge is 0.462 e. The molecule has 0 aromatic carbocycles. The van der Waals surface area contributed by atoms with Gasteiger partial charge >= 0.3 is 39.5 Å². The fraction of sp³-hybridized carbons (Fsp3) is 0.947. The number of carbonyl (C=O) groups excluding carboxylic acids is 4. The summed E-state index contributed by atoms with van der Waals surface area (Å²) in [5.74, 6) is 0.171. The van der Waals surface area contributed by atoms with Crippen molar-refractivity contribution in [3.63, 3.8) is 0 Å². The first kappa shape index (κ1) is 92.1. The van der Waals surface area contributed by atoms with Crippen molar-refractivity contribution in [2.75, 3.05) is 39.6 Å². The van der Waals surface area contributed by atoms with Gasteiger partial charge in [0.2, 0.25) is 0 Å². The standard InChI is InChI=1S/C75H146O17P2/c1-8-9-10-11-12-13-14-15-20-28-35-42-49-56-72(77)85-63-71(92-75(80)59-52-45-38-31-24-23-27-34-41-48-55-68(6)7)65-90-94(83,84)88-61-69(76)60-87-93(81,82)89-64-70(91-74(79)58-51-44-37-30-22-17-19-26-33-40-47-54-67(4)5)62-86-73(78)57-50-43-36-29-21-16-18-25-32-39-46-53-66(2)3/h66-71,76H,8-65H2,1-7H3,(H,81,82)(H,83,84)/t69-,70-,71-/m1/s1. The van der Waals surface area contributed by atoms with E-state index < -0.39 is 97.5 Å². The van der Waals surface area contributed by atoms with Gasteiger partial charge in [0.05, 0.1) is 26.4 Å². The van der Waals surface area contributed by atoms with Crippen LogP contribution in [0.5, 0.6) is 0 Å². The van der Waals surface area contributed by atoms with E-state index in [0.29, 0.717) is 25.7 Å². The molecule has 0 aliphatic carbocycles. The molecule has 558 valence electrons. The molecule has 0 aliphatic rings. The lowest BCUT2D eigenvalue weighted by molar-refractivity contribution is -0.161. The molecule has 17 nitrogen and oxygen atoms in total. The van der Waals surface area contributed by atoms with E-state index in [-0.39, 0.29) is 25.7 Å². The molecule has 0 radical (unpaired) electrons. The summed E-state index contributed by atoms with van der Waals surface area (Å²) in [6.45, 7) is 11.9. The highest BCUT2D eigenvalue weighted by Gasteiger charge is 2.30. The first-order valence-electron chi connectivity index (χ1n) is 38.8. The van der Waals surface area contributed by atoms with Gasteiger partial charge in [-0.05, 0) is 43.4 Å². The zero-order valence-corrected chi connectivity index (χ0v) is 63.2. The molecular formula is C75H146O17P2. The van der Waals surface area contributed by atoms with Gasteiger partial charge in [-0.3, -0.25) is 37.3 Å². The molecule has 2 unspecified atom stereocenters. The van der Waals surface area contributed by atoms with E-state index in [1.807, 2.05) is 0 Å². The van der Waals surface area contributed by atoms with Crippen LogP contribution in [0.25, 0.3) is 0 Å². The Morgan fingerprint density at radius 2 is 0.489 bits per heavy atom. The van der Waals surface area contributed by atoms with Gasteiger partial charge in [-0.1, -0.05) is 331 Å². The molecule has 94 heavy (non-hydrogen) atoms. The Labute approximate surface area is 575 Å². The Bertz CT molecular complexity index is 1840. The Hall–Kier alpha value is -1.94. The highest BCUT2D eigenvalue weighted by Crippen LogP contribution is 2.45. The van der Waals surface area contributed by atoms with Crippen molar-refractivity contribution in [1.29, 1.82) is 0 Å². The van der Waals surface area contributed by atoms with Gasteiger partial charge < -0.3 is 33.8 Å². The minimum Gasteiger partial charge on any atom is -0.462 e. The van der Waals surface area contributed by atoms with E-state index in [1.165, 1.54) is 193 Å². The summed E-state index contributed by atoms with van der Waals surface area (Å²) < 4.78 is 68.5. The van der Waals surface area contributed by atoms with Gasteiger partial charge in [-0.25, -0.2) is 9.13 Å². The number of ether oxygens (including phenoxy) is 4. The lowest BCUT2D eigenvalue weighted by Crippen LogP contribution is -2.30. The number of rotatable bonds is 73. The van der Waals surface area contributed by atoms with Crippen LogP contribution < -0.4 is 0 Å². The zero-order chi connectivity index (χ0) is 69.4. The molecule has 0 saturated carbocycles. The number of phosphoric ester groups is 2. The van der Waals surface area contributed by atoms with Crippen molar-refractivity contribution >= 4 is 39.5 Å². The quantitative estimate of drug-likeness (QED) is 0.0222. The summed E-state index contributed by atoms with van der Waals surface area (Å²) in [7, 11) is -9.91. The molecule has 5 atom stereocenters. The number of carbonyl (C=O) groups is 4. The monoisotopic (exact) mass is 1380 g/mol. The fourth-order valence-corrected chi connectivity index (χ4v) is 13.0. The van der Waals surface area contributed by atoms with Crippen LogP contribution in [-0.4, -0.2) is 96.7 Å². The van der Waals surface area contributed by atoms with Crippen LogP contribution >= 0.6 is 15.6 Å². The van der Waals surface area contributed by atoms with Gasteiger partial charge in [0.1, 0.15) is 19.3 Å². The molecule has 0 spiro atoms. The van der Waals surface area contributed by atoms with Crippen LogP contribution in [0.2, 0.25) is 0 Å². The van der Waals surface area contributed by atoms with Crippen LogP contribution in [0.3, 0.4) is 0 Å². The maximum Gasteiger partial charge on any atom is 0.472 e. The van der Waals surface area contributed by atoms with E-state index in [0.717, 1.165) is 108 Å². The molecule has 3 N–H and O–H groups in total. The van der Waals surface area contributed by atoms with Gasteiger partial charge in [0, 0.05) is 25.7 Å². The third-order valence-corrected chi connectivity index (χ3v) is 19.3. The molecule has 0 aliphatic heterocycles. The summed E-state index contributed by atoms with van der Waals surface area (Å²) >= 11 is 0. The fourth-order valence-electron chi connectivity index (χ4n) is 11.4. The minimum atomic E-state index is -4.96. The first-order chi connectivity index (χ1) is 45.2. The summed E-state index contributed by atoms with van der Waals surface area (Å²) in [5.41, 5.74) is 0. The predicted molar refractivity (Wildman–Crippen MR) is 381 cm³/mol. The topological polar surface area (TPSA) is 237 Å². The number of aliphatic hydroxyl groups is 1. The Morgan fingerprint density at radius 3 is 0.723 bits per heavy atom. The van der Waals surface area contributed by atoms with Crippen molar-refractivity contribution in [3.8, 4) is 0 Å². The number of esters is 4. The second kappa shape index (κ2) is 65.7. The molecule has 0 rings (SSSR count). The number of aliphatic hydroxyl groups excluding tert-OH is 1. The molecule has 0 saturated heterocycles. The van der Waals surface area contributed by atoms with Crippen LogP contribution in [-0.2, 0) is 65.4 Å². The molecule has 19 heteroatoms. The molecule has 0 bridgehead atoms. The lowest BCUT2D eigenvalue weighted by atomic mass is 10.0. The number of hydrogen-bond donors (Lipinski definition) is 3. The SMILES string of the molecule is CCCCCCCCCCCCCCCC(=O)OC[C@H](COP(=O)(O)OC[C@H](O)COP(=O)(O)OC[C@@H](COC(=O)CCCCCCCCCCCCCC(C)C)OC(=O)CCCCCCCCCCCCCC(C)C)OC(=O)CCCCCCCCCCCCC(C)C. The average Bonchev–Trinajstić information content (AvgIpc) is 1.26. The van der Waals surface area contributed by atoms with Crippen molar-refractivity contribution < 1.29 is 80.2 Å². The van der Waals surface area contributed by atoms with E-state index in [4.69, 9.17) is 37.0 Å². The van der Waals surface area contributed by atoms with Gasteiger partial charge in [0.15, 0.2) is 12.2 Å². The second-order valence-corrected chi connectivity index (χ2v) is 31.4. The van der Waals surface area contributed by atoms with Crippen molar-refractivity contribution in [2.24, 2.45) is 17.8 Å². The maximum absolute atomic E-state index is 13.1. The van der Waals surface area contributed by atoms with Crippen molar-refractivity contribution in [1.82, 2.24) is 0 Å². The van der Waals surface area contributed by atoms with Crippen molar-refractivity contribution in [2.45, 2.75) is 401 Å². The first-order valence-corrected chi connectivity index (χ1v) is 41.8. The largest absolute Gasteiger partial charge is 0.472 e. The summed E-state index contributed by atoms with van der Waals surface area (Å²) in [5, 5.41) is 10.6. The second-order valence-electron chi connectivity index (χ2n) is 28.5. The van der Waals surface area contributed by atoms with E-state index >= 15 is 0 Å². The molecule has 0 fully saturated rings. The Kier molecular flexibility index (Phi) is 64.3. The maximum atomic E-state index is 13.1. The zero-order valence-electron chi connectivity index (χ0n) is 61.4. The third-order valence-electron chi connectivity index (χ3n) is 17.4. The van der Waals surface area contributed by atoms with Gasteiger partial charge in [-0.15, -0.1) is 0 Å². The van der Waals surface area contributed by atoms with Crippen LogP contribution in [0.1, 0.15) is 382 Å². The summed E-state index contributed by atoms with van der Waals surface area (Å²) in [4.78, 5) is 72.8. The Balaban J connectivity index is 5.27. The summed E-state index contributed by atoms with van der Waals surface area (Å²) in [6, 6.07) is 0. The number of phosphoric acid groups is 2. The van der Waals surface area contributed by atoms with Crippen LogP contribution in [0, 0.1) is 17.8 Å². The van der Waals surface area contributed by atoms with E-state index in [2.05, 4.69) is 48.5 Å². The van der Waals surface area contributed by atoms with Crippen LogP contribution in [0.15, 0.2) is 0 Å². The van der Waals surface area contributed by atoms with Crippen molar-refractivity contribution in [3.05, 3.63) is 0 Å². The average molecular weight is 1380 g/mol. The molecule has 0 amide bonds. The predicted octanol–water partition coefficient (Wildman–Crippen LogP) is 21.8.